The van der Waals surface area contributed by atoms with Crippen LogP contribution < -0.4 is 15.4 Å². The Morgan fingerprint density at radius 1 is 1.14 bits per heavy atom. The minimum atomic E-state index is -0.356. The molecule has 0 fully saturated rings. The molecule has 0 spiro atoms. The lowest BCUT2D eigenvalue weighted by Gasteiger charge is -2.16. The summed E-state index contributed by atoms with van der Waals surface area (Å²) in [6, 6.07) is 14.6. The van der Waals surface area contributed by atoms with Gasteiger partial charge in [0.1, 0.15) is 11.8 Å². The lowest BCUT2D eigenvalue weighted by Crippen LogP contribution is -2.31. The van der Waals surface area contributed by atoms with Crippen molar-refractivity contribution >= 4 is 33.2 Å². The third-order valence-corrected chi connectivity index (χ3v) is 3.59. The van der Waals surface area contributed by atoms with Crippen LogP contribution in [0.15, 0.2) is 53.0 Å². The van der Waals surface area contributed by atoms with E-state index in [4.69, 9.17) is 4.74 Å². The van der Waals surface area contributed by atoms with Gasteiger partial charge in [-0.15, -0.1) is 0 Å². The maximum absolute atomic E-state index is 12.1. The molecule has 0 aromatic heterocycles. The lowest BCUT2D eigenvalue weighted by atomic mass is 10.2. The van der Waals surface area contributed by atoms with Gasteiger partial charge in [-0.25, -0.2) is 0 Å². The molecule has 0 aliphatic carbocycles. The summed E-state index contributed by atoms with van der Waals surface area (Å²) in [5.74, 6) is 0.662. The molecule has 0 bridgehead atoms. The van der Waals surface area contributed by atoms with Gasteiger partial charge in [0.2, 0.25) is 5.91 Å². The van der Waals surface area contributed by atoms with Crippen LogP contribution in [0.3, 0.4) is 0 Å². The first-order chi connectivity index (χ1) is 10.1. The van der Waals surface area contributed by atoms with Crippen molar-refractivity contribution in [2.75, 3.05) is 17.7 Å². The zero-order valence-corrected chi connectivity index (χ0v) is 13.5. The molecule has 5 heteroatoms. The summed E-state index contributed by atoms with van der Waals surface area (Å²) < 4.78 is 6.02. The predicted octanol–water partition coefficient (Wildman–Crippen LogP) is 3.90. The number of nitrogens with one attached hydrogen (secondary N) is 2. The quantitative estimate of drug-likeness (QED) is 0.861. The number of carbonyl (C=O) groups excluding carboxylic acids is 1. The predicted molar refractivity (Wildman–Crippen MR) is 88.9 cm³/mol. The zero-order chi connectivity index (χ0) is 15.2. The molecule has 2 N–H and O–H groups in total. The van der Waals surface area contributed by atoms with Crippen LogP contribution in [0.5, 0.6) is 5.75 Å². The Labute approximate surface area is 132 Å². The molecular weight excluding hydrogens is 332 g/mol. The molecule has 110 valence electrons. The van der Waals surface area contributed by atoms with Gasteiger partial charge in [0.25, 0.3) is 0 Å². The number of methoxy groups -OCH3 is 1. The van der Waals surface area contributed by atoms with E-state index in [1.165, 1.54) is 0 Å². The van der Waals surface area contributed by atoms with Gasteiger partial charge in [0.15, 0.2) is 0 Å². The molecule has 4 nitrogen and oxygen atoms in total. The van der Waals surface area contributed by atoms with Crippen molar-refractivity contribution in [3.63, 3.8) is 0 Å². The summed E-state index contributed by atoms with van der Waals surface area (Å²) in [6.07, 6.45) is 0. The molecule has 0 aliphatic rings. The summed E-state index contributed by atoms with van der Waals surface area (Å²) in [5.41, 5.74) is 1.63. The van der Waals surface area contributed by atoms with Crippen LogP contribution in [0.2, 0.25) is 0 Å². The van der Waals surface area contributed by atoms with Crippen LogP contribution in [0.25, 0.3) is 0 Å². The Balaban J connectivity index is 1.99. The van der Waals surface area contributed by atoms with Gasteiger partial charge in [0, 0.05) is 11.4 Å². The maximum atomic E-state index is 12.1. The van der Waals surface area contributed by atoms with Crippen molar-refractivity contribution in [3.8, 4) is 5.75 Å². The lowest BCUT2D eigenvalue weighted by molar-refractivity contribution is -0.116. The highest BCUT2D eigenvalue weighted by molar-refractivity contribution is 9.10. The fourth-order valence-electron chi connectivity index (χ4n) is 1.84. The third kappa shape index (κ3) is 4.23. The van der Waals surface area contributed by atoms with Gasteiger partial charge in [-0.05, 0) is 53.2 Å². The molecule has 0 saturated heterocycles. The van der Waals surface area contributed by atoms with Gasteiger partial charge in [-0.1, -0.05) is 18.2 Å². The van der Waals surface area contributed by atoms with E-state index in [0.29, 0.717) is 0 Å². The van der Waals surface area contributed by atoms with E-state index in [1.54, 1.807) is 7.11 Å². The number of ether oxygens (including phenoxy) is 1. The van der Waals surface area contributed by atoms with Crippen LogP contribution in [-0.2, 0) is 4.79 Å². The summed E-state index contributed by atoms with van der Waals surface area (Å²) in [7, 11) is 1.61. The number of amides is 1. The van der Waals surface area contributed by atoms with Gasteiger partial charge >= 0.3 is 0 Å². The zero-order valence-electron chi connectivity index (χ0n) is 11.9. The van der Waals surface area contributed by atoms with Gasteiger partial charge in [0.05, 0.1) is 11.6 Å². The number of halogens is 1. The highest BCUT2D eigenvalue weighted by Gasteiger charge is 2.13. The van der Waals surface area contributed by atoms with Gasteiger partial charge in [-0.3, -0.25) is 4.79 Å². The van der Waals surface area contributed by atoms with Crippen molar-refractivity contribution < 1.29 is 9.53 Å². The molecular formula is C16H17BrN2O2. The van der Waals surface area contributed by atoms with Crippen LogP contribution in [-0.4, -0.2) is 19.1 Å². The Kier molecular flexibility index (Phi) is 5.22. The Morgan fingerprint density at radius 3 is 2.48 bits per heavy atom. The van der Waals surface area contributed by atoms with Crippen LogP contribution in [0, 0.1) is 0 Å². The summed E-state index contributed by atoms with van der Waals surface area (Å²) in [4.78, 5) is 12.1. The summed E-state index contributed by atoms with van der Waals surface area (Å²) in [5, 5.41) is 6.02. The highest BCUT2D eigenvalue weighted by atomic mass is 79.9. The fourth-order valence-corrected chi connectivity index (χ4v) is 2.38. The van der Waals surface area contributed by atoms with Crippen molar-refractivity contribution in [2.45, 2.75) is 13.0 Å². The van der Waals surface area contributed by atoms with Gasteiger partial charge in [-0.2, -0.15) is 0 Å². The summed E-state index contributed by atoms with van der Waals surface area (Å²) >= 11 is 3.42. The van der Waals surface area contributed by atoms with E-state index >= 15 is 0 Å². The minimum absolute atomic E-state index is 0.0897. The number of para-hydroxylation sites is 1. The van der Waals surface area contributed by atoms with Crippen LogP contribution in [0.1, 0.15) is 6.92 Å². The van der Waals surface area contributed by atoms with Crippen LogP contribution >= 0.6 is 15.9 Å². The molecule has 1 unspecified atom stereocenters. The first-order valence-corrected chi connectivity index (χ1v) is 7.35. The standard InChI is InChI=1S/C16H17BrN2O2/c1-11(16(20)19-12-6-4-3-5-7-12)18-13-8-9-15(21-2)14(17)10-13/h3-11,18H,1-2H3,(H,19,20). The van der Waals surface area contributed by atoms with Crippen molar-refractivity contribution in [1.29, 1.82) is 0 Å². The first-order valence-electron chi connectivity index (χ1n) is 6.56. The molecule has 1 amide bonds. The third-order valence-electron chi connectivity index (χ3n) is 2.97. The number of rotatable bonds is 5. The smallest absolute Gasteiger partial charge is 0.246 e. The van der Waals surface area contributed by atoms with Crippen molar-refractivity contribution in [2.24, 2.45) is 0 Å². The van der Waals surface area contributed by atoms with E-state index in [9.17, 15) is 4.79 Å². The van der Waals surface area contributed by atoms with E-state index < -0.39 is 0 Å². The Hall–Kier alpha value is -2.01. The number of hydrogen-bond acceptors (Lipinski definition) is 3. The average molecular weight is 349 g/mol. The second-order valence-corrected chi connectivity index (χ2v) is 5.42. The highest BCUT2D eigenvalue weighted by Crippen LogP contribution is 2.28. The van der Waals surface area contributed by atoms with E-state index in [-0.39, 0.29) is 11.9 Å². The van der Waals surface area contributed by atoms with Crippen molar-refractivity contribution in [1.82, 2.24) is 0 Å². The molecule has 21 heavy (non-hydrogen) atoms. The minimum Gasteiger partial charge on any atom is -0.496 e. The van der Waals surface area contributed by atoms with Gasteiger partial charge < -0.3 is 15.4 Å². The molecule has 2 aromatic carbocycles. The summed E-state index contributed by atoms with van der Waals surface area (Å²) in [6.45, 7) is 1.82. The molecule has 0 saturated carbocycles. The van der Waals surface area contributed by atoms with E-state index in [0.717, 1.165) is 21.6 Å². The topological polar surface area (TPSA) is 50.4 Å². The SMILES string of the molecule is COc1ccc(NC(C)C(=O)Nc2ccccc2)cc1Br. The average Bonchev–Trinajstić information content (AvgIpc) is 2.48. The molecule has 0 aliphatic heterocycles. The van der Waals surface area contributed by atoms with E-state index in [2.05, 4.69) is 26.6 Å². The van der Waals surface area contributed by atoms with Crippen LogP contribution in [0.4, 0.5) is 11.4 Å². The molecule has 2 aromatic rings. The number of benzene rings is 2. The van der Waals surface area contributed by atoms with Crippen molar-refractivity contribution in [3.05, 3.63) is 53.0 Å². The molecule has 0 heterocycles. The Bertz CT molecular complexity index is 617. The molecule has 2 rings (SSSR count). The fraction of sp³-hybridized carbons (Fsp3) is 0.188. The Morgan fingerprint density at radius 2 is 1.86 bits per heavy atom. The molecule has 0 radical (unpaired) electrons. The second-order valence-electron chi connectivity index (χ2n) is 4.57. The monoisotopic (exact) mass is 348 g/mol. The normalized spacial score (nSPS) is 11.6. The van der Waals surface area contributed by atoms with E-state index in [1.807, 2.05) is 55.5 Å². The number of hydrogen-bond donors (Lipinski definition) is 2. The second kappa shape index (κ2) is 7.13. The largest absolute Gasteiger partial charge is 0.496 e. The first kappa shape index (κ1) is 15.4. The molecule has 1 atom stereocenters. The maximum Gasteiger partial charge on any atom is 0.246 e. The number of anilines is 2. The number of carbonyl (C=O) groups is 1.